The number of halogens is 2. The van der Waals surface area contributed by atoms with Crippen molar-refractivity contribution < 1.29 is 23.5 Å². The van der Waals surface area contributed by atoms with Crippen molar-refractivity contribution in [2.45, 2.75) is 64.1 Å². The lowest BCUT2D eigenvalue weighted by molar-refractivity contribution is -0.133. The van der Waals surface area contributed by atoms with E-state index in [-0.39, 0.29) is 30.1 Å². The Morgan fingerprint density at radius 3 is 2.48 bits per heavy atom. The van der Waals surface area contributed by atoms with Crippen LogP contribution in [0.4, 0.5) is 8.78 Å². The van der Waals surface area contributed by atoms with Crippen LogP contribution in [0.2, 0.25) is 0 Å². The minimum absolute atomic E-state index is 0.0685. The molecule has 1 saturated carbocycles. The first kappa shape index (κ1) is 19.7. The fourth-order valence-electron chi connectivity index (χ4n) is 4.79. The number of hydrogen-bond acceptors (Lipinski definition) is 3. The van der Waals surface area contributed by atoms with Crippen molar-refractivity contribution in [2.24, 2.45) is 5.41 Å². The fourth-order valence-corrected chi connectivity index (χ4v) is 4.79. The van der Waals surface area contributed by atoms with E-state index in [2.05, 4.69) is 5.32 Å². The third-order valence-corrected chi connectivity index (χ3v) is 6.12. The third-order valence-electron chi connectivity index (χ3n) is 6.12. The Balaban J connectivity index is 1.75. The molecule has 148 valence electrons. The van der Waals surface area contributed by atoms with E-state index < -0.39 is 29.1 Å². The van der Waals surface area contributed by atoms with Crippen molar-refractivity contribution >= 4 is 11.8 Å². The van der Waals surface area contributed by atoms with Crippen LogP contribution in [0.25, 0.3) is 0 Å². The predicted octanol–water partition coefficient (Wildman–Crippen LogP) is 2.63. The summed E-state index contributed by atoms with van der Waals surface area (Å²) in [4.78, 5) is 26.4. The number of carbonyl (C=O) groups excluding carboxylic acids is 2. The number of nitrogens with one attached hydrogen (secondary N) is 1. The Kier molecular flexibility index (Phi) is 5.51. The Morgan fingerprint density at radius 1 is 1.22 bits per heavy atom. The first-order valence-corrected chi connectivity index (χ1v) is 9.43. The number of rotatable bonds is 3. The zero-order valence-electron chi connectivity index (χ0n) is 15.7. The van der Waals surface area contributed by atoms with Crippen molar-refractivity contribution in [1.29, 1.82) is 0 Å². The van der Waals surface area contributed by atoms with Gasteiger partial charge in [0.05, 0.1) is 12.1 Å². The molecule has 0 aromatic heterocycles. The molecule has 2 N–H and O–H groups in total. The molecule has 1 saturated heterocycles. The highest BCUT2D eigenvalue weighted by Crippen LogP contribution is 2.48. The topological polar surface area (TPSA) is 69.6 Å². The summed E-state index contributed by atoms with van der Waals surface area (Å²) >= 11 is 0. The number of aliphatic hydroxyl groups is 1. The van der Waals surface area contributed by atoms with E-state index in [4.69, 9.17) is 0 Å². The van der Waals surface area contributed by atoms with E-state index in [0.717, 1.165) is 31.4 Å². The lowest BCUT2D eigenvalue weighted by Crippen LogP contribution is -2.48. The van der Waals surface area contributed by atoms with Gasteiger partial charge in [-0.15, -0.1) is 0 Å². The van der Waals surface area contributed by atoms with Crippen LogP contribution < -0.4 is 5.32 Å². The van der Waals surface area contributed by atoms with Gasteiger partial charge >= 0.3 is 0 Å². The molecule has 2 aliphatic rings. The molecule has 4 atom stereocenters. The van der Waals surface area contributed by atoms with Gasteiger partial charge in [-0.25, -0.2) is 8.78 Å². The van der Waals surface area contributed by atoms with E-state index in [0.29, 0.717) is 18.9 Å². The van der Waals surface area contributed by atoms with Gasteiger partial charge in [-0.3, -0.25) is 9.59 Å². The molecule has 0 unspecified atom stereocenters. The molecule has 1 aromatic carbocycles. The van der Waals surface area contributed by atoms with Crippen molar-refractivity contribution in [3.05, 3.63) is 35.4 Å². The molecule has 27 heavy (non-hydrogen) atoms. The average Bonchev–Trinajstić information content (AvgIpc) is 2.81. The van der Waals surface area contributed by atoms with Crippen LogP contribution in [0.5, 0.6) is 0 Å². The van der Waals surface area contributed by atoms with Crippen molar-refractivity contribution in [3.63, 3.8) is 0 Å². The average molecular weight is 380 g/mol. The molecular formula is C20H26F2N2O3. The Labute approximate surface area is 157 Å². The lowest BCUT2D eigenvalue weighted by atomic mass is 9.75. The zero-order chi connectivity index (χ0) is 19.8. The maximum Gasteiger partial charge on any atom is 0.251 e. The van der Waals surface area contributed by atoms with Gasteiger partial charge in [-0.05, 0) is 31.4 Å². The van der Waals surface area contributed by atoms with Gasteiger partial charge < -0.3 is 15.3 Å². The number of likely N-dealkylation sites (tertiary alicyclic amines) is 1. The van der Waals surface area contributed by atoms with Crippen LogP contribution in [-0.2, 0) is 4.79 Å². The highest BCUT2D eigenvalue weighted by atomic mass is 19.1. The molecule has 0 radical (unpaired) electrons. The highest BCUT2D eigenvalue weighted by molar-refractivity contribution is 5.94. The summed E-state index contributed by atoms with van der Waals surface area (Å²) < 4.78 is 26.7. The number of carbonyl (C=O) groups is 2. The predicted molar refractivity (Wildman–Crippen MR) is 96.0 cm³/mol. The molecule has 0 bridgehead atoms. The standard InChI is InChI=1S/C20H26F2N2O3/c1-12(25)24-16(10-20(2)17(24)5-3-4-6-18(20)26)11-23-19(27)13-7-14(21)9-15(22)8-13/h7-9,16-18,26H,3-6,10-11H2,1-2H3,(H,23,27)/t16-,17-,18+,20-/m1/s1. The Hall–Kier alpha value is -2.02. The second-order valence-electron chi connectivity index (χ2n) is 7.97. The number of aliphatic hydroxyl groups excluding tert-OH is 1. The monoisotopic (exact) mass is 380 g/mol. The molecular weight excluding hydrogens is 354 g/mol. The second-order valence-corrected chi connectivity index (χ2v) is 7.97. The molecule has 5 nitrogen and oxygen atoms in total. The number of fused-ring (bicyclic) bond motifs is 1. The van der Waals surface area contributed by atoms with Gasteiger partial charge in [0.15, 0.2) is 0 Å². The summed E-state index contributed by atoms with van der Waals surface area (Å²) in [5.41, 5.74) is -0.511. The molecule has 1 aliphatic heterocycles. The van der Waals surface area contributed by atoms with Crippen LogP contribution in [0.3, 0.4) is 0 Å². The largest absolute Gasteiger partial charge is 0.392 e. The fraction of sp³-hybridized carbons (Fsp3) is 0.600. The van der Waals surface area contributed by atoms with Gasteiger partial charge in [0, 0.05) is 36.6 Å². The summed E-state index contributed by atoms with van der Waals surface area (Å²) in [6, 6.07) is 2.34. The van der Waals surface area contributed by atoms with Crippen LogP contribution in [0, 0.1) is 17.0 Å². The molecule has 7 heteroatoms. The maximum atomic E-state index is 13.3. The molecule has 1 heterocycles. The Bertz CT molecular complexity index is 722. The summed E-state index contributed by atoms with van der Waals surface area (Å²) in [5, 5.41) is 13.3. The summed E-state index contributed by atoms with van der Waals surface area (Å²) in [5.74, 6) is -2.31. The van der Waals surface area contributed by atoms with Crippen molar-refractivity contribution in [1.82, 2.24) is 10.2 Å². The Morgan fingerprint density at radius 2 is 1.85 bits per heavy atom. The number of hydrogen-bond donors (Lipinski definition) is 2. The maximum absolute atomic E-state index is 13.3. The van der Waals surface area contributed by atoms with Crippen molar-refractivity contribution in [3.8, 4) is 0 Å². The van der Waals surface area contributed by atoms with E-state index in [9.17, 15) is 23.5 Å². The van der Waals surface area contributed by atoms with Crippen molar-refractivity contribution in [2.75, 3.05) is 6.54 Å². The second kappa shape index (κ2) is 7.54. The van der Waals surface area contributed by atoms with Crippen LogP contribution >= 0.6 is 0 Å². The quantitative estimate of drug-likeness (QED) is 0.847. The van der Waals surface area contributed by atoms with Gasteiger partial charge in [0.2, 0.25) is 5.91 Å². The molecule has 2 amide bonds. The van der Waals surface area contributed by atoms with E-state index >= 15 is 0 Å². The molecule has 1 aromatic rings. The van der Waals surface area contributed by atoms with E-state index in [1.54, 1.807) is 4.90 Å². The molecule has 0 spiro atoms. The number of benzene rings is 1. The van der Waals surface area contributed by atoms with Gasteiger partial charge in [-0.2, -0.15) is 0 Å². The highest BCUT2D eigenvalue weighted by Gasteiger charge is 2.54. The minimum Gasteiger partial charge on any atom is -0.392 e. The summed E-state index contributed by atoms with van der Waals surface area (Å²) in [7, 11) is 0. The van der Waals surface area contributed by atoms with Crippen LogP contribution in [-0.4, -0.2) is 46.6 Å². The van der Waals surface area contributed by atoms with E-state index in [1.165, 1.54) is 6.92 Å². The van der Waals surface area contributed by atoms with Crippen LogP contribution in [0.15, 0.2) is 18.2 Å². The smallest absolute Gasteiger partial charge is 0.251 e. The first-order valence-electron chi connectivity index (χ1n) is 9.43. The molecule has 1 aliphatic carbocycles. The zero-order valence-corrected chi connectivity index (χ0v) is 15.7. The normalized spacial score (nSPS) is 30.6. The number of nitrogens with zero attached hydrogens (tertiary/aromatic N) is 1. The summed E-state index contributed by atoms with van der Waals surface area (Å²) in [6.45, 7) is 3.68. The number of amides is 2. The summed E-state index contributed by atoms with van der Waals surface area (Å²) in [6.07, 6.45) is 3.50. The minimum atomic E-state index is -0.815. The SMILES string of the molecule is CC(=O)N1[C@@H](CNC(=O)c2cc(F)cc(F)c2)C[C@@]2(C)[C@@H](O)CCCC[C@@H]12. The molecule has 3 rings (SSSR count). The van der Waals surface area contributed by atoms with E-state index in [1.807, 2.05) is 6.92 Å². The first-order chi connectivity index (χ1) is 12.7. The molecule has 2 fully saturated rings. The van der Waals surface area contributed by atoms with Gasteiger partial charge in [-0.1, -0.05) is 19.8 Å². The van der Waals surface area contributed by atoms with Gasteiger partial charge in [0.25, 0.3) is 5.91 Å². The lowest BCUT2D eigenvalue weighted by Gasteiger charge is -2.37. The third kappa shape index (κ3) is 3.83. The van der Waals surface area contributed by atoms with Crippen LogP contribution in [0.1, 0.15) is 56.3 Å². The van der Waals surface area contributed by atoms with Gasteiger partial charge in [0.1, 0.15) is 11.6 Å².